The number of hydrogen-bond acceptors (Lipinski definition) is 3. The zero-order chi connectivity index (χ0) is 13.8. The number of rotatable bonds is 4. The van der Waals surface area contributed by atoms with Crippen LogP contribution in [0, 0.1) is 6.92 Å². The fraction of sp³-hybridized carbons (Fsp3) is 0.312. The maximum Gasteiger partial charge on any atom is 0.134 e. The summed E-state index contributed by atoms with van der Waals surface area (Å²) in [6.45, 7) is 6.92. The Morgan fingerprint density at radius 3 is 2.68 bits per heavy atom. The van der Waals surface area contributed by atoms with Crippen LogP contribution in [0.4, 0.5) is 0 Å². The minimum atomic E-state index is 0.423. The molecule has 0 saturated carbocycles. The van der Waals surface area contributed by atoms with Crippen LogP contribution in [0.5, 0.6) is 11.5 Å². The summed E-state index contributed by atoms with van der Waals surface area (Å²) in [5.41, 5.74) is 9.18. The number of hydrogen-bond donors (Lipinski definition) is 1. The highest BCUT2D eigenvalue weighted by molar-refractivity contribution is 5.40. The second-order valence-corrected chi connectivity index (χ2v) is 4.96. The predicted molar refractivity (Wildman–Crippen MR) is 77.5 cm³/mol. The van der Waals surface area contributed by atoms with E-state index in [1.807, 2.05) is 12.1 Å². The Morgan fingerprint density at radius 1 is 1.26 bits per heavy atom. The maximum absolute atomic E-state index is 5.90. The first kappa shape index (κ1) is 13.6. The van der Waals surface area contributed by atoms with Gasteiger partial charge >= 0.3 is 0 Å². The largest absolute Gasteiger partial charge is 0.457 e. The number of aryl methyl sites for hydroxylation is 1. The maximum atomic E-state index is 5.90. The molecule has 1 heterocycles. The lowest BCUT2D eigenvalue weighted by molar-refractivity contribution is 0.474. The summed E-state index contributed by atoms with van der Waals surface area (Å²) in [7, 11) is 0. The zero-order valence-corrected chi connectivity index (χ0v) is 11.7. The molecule has 2 rings (SSSR count). The Morgan fingerprint density at radius 2 is 2.05 bits per heavy atom. The van der Waals surface area contributed by atoms with Gasteiger partial charge in [-0.2, -0.15) is 0 Å². The van der Waals surface area contributed by atoms with Gasteiger partial charge in [-0.1, -0.05) is 19.9 Å². The van der Waals surface area contributed by atoms with Gasteiger partial charge < -0.3 is 10.5 Å². The highest BCUT2D eigenvalue weighted by Gasteiger charge is 2.07. The molecule has 0 unspecified atom stereocenters. The lowest BCUT2D eigenvalue weighted by Gasteiger charge is -2.13. The van der Waals surface area contributed by atoms with Crippen LogP contribution >= 0.6 is 0 Å². The summed E-state index contributed by atoms with van der Waals surface area (Å²) < 4.78 is 5.90. The Kier molecular flexibility index (Phi) is 4.17. The number of nitrogens with zero attached hydrogens (tertiary/aromatic N) is 1. The number of aromatic nitrogens is 1. The first-order valence-electron chi connectivity index (χ1n) is 6.53. The van der Waals surface area contributed by atoms with E-state index in [0.717, 1.165) is 17.1 Å². The molecule has 0 atom stereocenters. The Bertz CT molecular complexity index is 564. The smallest absolute Gasteiger partial charge is 0.134 e. The average molecular weight is 256 g/mol. The van der Waals surface area contributed by atoms with E-state index in [2.05, 4.69) is 37.9 Å². The predicted octanol–water partition coefficient (Wildman–Crippen LogP) is 3.76. The van der Waals surface area contributed by atoms with Gasteiger partial charge in [0.25, 0.3) is 0 Å². The van der Waals surface area contributed by atoms with Crippen molar-refractivity contribution >= 4 is 0 Å². The van der Waals surface area contributed by atoms with Crippen molar-refractivity contribution in [3.05, 3.63) is 53.3 Å². The van der Waals surface area contributed by atoms with Gasteiger partial charge in [0, 0.05) is 24.5 Å². The van der Waals surface area contributed by atoms with E-state index in [-0.39, 0.29) is 0 Å². The molecule has 0 aliphatic heterocycles. The first-order chi connectivity index (χ1) is 9.11. The summed E-state index contributed by atoms with van der Waals surface area (Å²) in [5, 5.41) is 0. The van der Waals surface area contributed by atoms with Crippen molar-refractivity contribution in [1.29, 1.82) is 0 Å². The van der Waals surface area contributed by atoms with Crippen LogP contribution in [0.15, 0.2) is 36.7 Å². The molecule has 0 fully saturated rings. The third-order valence-electron chi connectivity index (χ3n) is 3.17. The Hall–Kier alpha value is -1.87. The van der Waals surface area contributed by atoms with Gasteiger partial charge in [0.2, 0.25) is 0 Å². The van der Waals surface area contributed by atoms with Crippen molar-refractivity contribution in [2.24, 2.45) is 5.73 Å². The van der Waals surface area contributed by atoms with Crippen LogP contribution in [0.1, 0.15) is 36.5 Å². The van der Waals surface area contributed by atoms with E-state index in [4.69, 9.17) is 10.5 Å². The van der Waals surface area contributed by atoms with E-state index < -0.39 is 0 Å². The standard InChI is InChI=1S/C16H20N2O/c1-11(2)15-5-4-14(8-12(15)3)19-16-6-7-18-10-13(16)9-17/h4-8,10-11H,9,17H2,1-3H3. The van der Waals surface area contributed by atoms with E-state index >= 15 is 0 Å². The summed E-state index contributed by atoms with van der Waals surface area (Å²) in [5.74, 6) is 2.13. The molecule has 0 radical (unpaired) electrons. The molecule has 0 bridgehead atoms. The van der Waals surface area contributed by atoms with E-state index in [9.17, 15) is 0 Å². The molecular weight excluding hydrogens is 236 g/mol. The monoisotopic (exact) mass is 256 g/mol. The molecule has 0 saturated heterocycles. The van der Waals surface area contributed by atoms with Crippen LogP contribution in [0.3, 0.4) is 0 Å². The normalized spacial score (nSPS) is 10.8. The van der Waals surface area contributed by atoms with Crippen molar-refractivity contribution in [1.82, 2.24) is 4.98 Å². The molecule has 1 aromatic heterocycles. The molecule has 1 aromatic carbocycles. The van der Waals surface area contributed by atoms with Crippen LogP contribution < -0.4 is 10.5 Å². The molecule has 0 aliphatic carbocycles. The molecule has 0 aliphatic rings. The van der Waals surface area contributed by atoms with Crippen molar-refractivity contribution < 1.29 is 4.74 Å². The van der Waals surface area contributed by atoms with Gasteiger partial charge in [-0.25, -0.2) is 0 Å². The van der Waals surface area contributed by atoms with Crippen molar-refractivity contribution in [2.75, 3.05) is 0 Å². The third-order valence-corrected chi connectivity index (χ3v) is 3.17. The fourth-order valence-corrected chi connectivity index (χ4v) is 2.15. The van der Waals surface area contributed by atoms with Crippen molar-refractivity contribution in [2.45, 2.75) is 33.2 Å². The van der Waals surface area contributed by atoms with Crippen LogP contribution in [0.2, 0.25) is 0 Å². The first-order valence-corrected chi connectivity index (χ1v) is 6.53. The lowest BCUT2D eigenvalue weighted by atomic mass is 9.98. The van der Waals surface area contributed by atoms with Gasteiger partial charge in [-0.15, -0.1) is 0 Å². The van der Waals surface area contributed by atoms with Crippen molar-refractivity contribution in [3.63, 3.8) is 0 Å². The summed E-state index contributed by atoms with van der Waals surface area (Å²) in [4.78, 5) is 4.05. The third kappa shape index (κ3) is 3.12. The minimum Gasteiger partial charge on any atom is -0.457 e. The Labute approximate surface area is 114 Å². The van der Waals surface area contributed by atoms with Crippen LogP contribution in [0.25, 0.3) is 0 Å². The van der Waals surface area contributed by atoms with Crippen molar-refractivity contribution in [3.8, 4) is 11.5 Å². The Balaban J connectivity index is 2.26. The van der Waals surface area contributed by atoms with Gasteiger partial charge in [0.15, 0.2) is 0 Å². The average Bonchev–Trinajstić information content (AvgIpc) is 2.39. The zero-order valence-electron chi connectivity index (χ0n) is 11.7. The summed E-state index contributed by atoms with van der Waals surface area (Å²) >= 11 is 0. The molecule has 19 heavy (non-hydrogen) atoms. The van der Waals surface area contributed by atoms with Crippen LogP contribution in [-0.4, -0.2) is 4.98 Å². The van der Waals surface area contributed by atoms with Gasteiger partial charge in [0.1, 0.15) is 11.5 Å². The van der Waals surface area contributed by atoms with E-state index in [0.29, 0.717) is 12.5 Å². The molecule has 2 aromatic rings. The lowest BCUT2D eigenvalue weighted by Crippen LogP contribution is -2.00. The second-order valence-electron chi connectivity index (χ2n) is 4.96. The van der Waals surface area contributed by atoms with E-state index in [1.54, 1.807) is 12.4 Å². The van der Waals surface area contributed by atoms with Gasteiger partial charge in [-0.3, -0.25) is 4.98 Å². The summed E-state index contributed by atoms with van der Waals surface area (Å²) in [6, 6.07) is 8.03. The topological polar surface area (TPSA) is 48.1 Å². The van der Waals surface area contributed by atoms with Crippen LogP contribution in [-0.2, 0) is 6.54 Å². The molecule has 0 spiro atoms. The van der Waals surface area contributed by atoms with Gasteiger partial charge in [0.05, 0.1) is 0 Å². The molecule has 2 N–H and O–H groups in total. The highest BCUT2D eigenvalue weighted by Crippen LogP contribution is 2.28. The van der Waals surface area contributed by atoms with Gasteiger partial charge in [-0.05, 0) is 42.2 Å². The SMILES string of the molecule is Cc1cc(Oc2ccncc2CN)ccc1C(C)C. The number of pyridine rings is 1. The molecule has 100 valence electrons. The number of nitrogens with two attached hydrogens (primary N) is 1. The minimum absolute atomic E-state index is 0.423. The number of benzene rings is 1. The highest BCUT2D eigenvalue weighted by atomic mass is 16.5. The molecule has 0 amide bonds. The fourth-order valence-electron chi connectivity index (χ4n) is 2.15. The second kappa shape index (κ2) is 5.85. The molecule has 3 nitrogen and oxygen atoms in total. The quantitative estimate of drug-likeness (QED) is 0.906. The molecule has 3 heteroatoms. The molecular formula is C16H20N2O. The van der Waals surface area contributed by atoms with E-state index in [1.165, 1.54) is 11.1 Å². The summed E-state index contributed by atoms with van der Waals surface area (Å²) in [6.07, 6.45) is 3.45. The number of ether oxygens (including phenoxy) is 1.